The van der Waals surface area contributed by atoms with E-state index in [2.05, 4.69) is 15.6 Å². The number of carbonyl (C=O) groups is 1. The van der Waals surface area contributed by atoms with Crippen molar-refractivity contribution in [2.45, 2.75) is 6.42 Å². The van der Waals surface area contributed by atoms with E-state index in [0.717, 1.165) is 22.2 Å². The Morgan fingerprint density at radius 3 is 2.62 bits per heavy atom. The van der Waals surface area contributed by atoms with E-state index in [1.165, 1.54) is 0 Å². The van der Waals surface area contributed by atoms with Crippen LogP contribution in [0, 0.1) is 0 Å². The van der Waals surface area contributed by atoms with Gasteiger partial charge in [0.15, 0.2) is 11.5 Å². The molecule has 29 heavy (non-hydrogen) atoms. The molecule has 0 aliphatic carbocycles. The molecule has 0 spiro atoms. The number of amides is 2. The first-order valence-electron chi connectivity index (χ1n) is 9.40. The van der Waals surface area contributed by atoms with E-state index in [1.54, 1.807) is 20.4 Å². The van der Waals surface area contributed by atoms with Crippen LogP contribution in [-0.2, 0) is 6.42 Å². The fraction of sp³-hybridized carbons (Fsp3) is 0.273. The maximum Gasteiger partial charge on any atom is 0.314 e. The zero-order valence-electron chi connectivity index (χ0n) is 16.6. The van der Waals surface area contributed by atoms with Gasteiger partial charge in [0.1, 0.15) is 12.4 Å². The van der Waals surface area contributed by atoms with Gasteiger partial charge in [0.05, 0.1) is 26.3 Å². The summed E-state index contributed by atoms with van der Waals surface area (Å²) < 4.78 is 16.2. The van der Waals surface area contributed by atoms with E-state index < -0.39 is 0 Å². The average Bonchev–Trinajstić information content (AvgIpc) is 2.76. The molecule has 7 nitrogen and oxygen atoms in total. The number of ether oxygens (including phenoxy) is 3. The van der Waals surface area contributed by atoms with Crippen LogP contribution in [0.1, 0.15) is 5.56 Å². The number of benzene rings is 2. The lowest BCUT2D eigenvalue weighted by molar-refractivity contribution is 0.236. The summed E-state index contributed by atoms with van der Waals surface area (Å²) in [6.07, 6.45) is 2.45. The van der Waals surface area contributed by atoms with Crippen LogP contribution < -0.4 is 24.8 Å². The molecule has 152 valence electrons. The number of urea groups is 1. The van der Waals surface area contributed by atoms with Crippen molar-refractivity contribution in [3.05, 3.63) is 60.3 Å². The number of nitrogens with one attached hydrogen (secondary N) is 2. The Morgan fingerprint density at radius 2 is 1.79 bits per heavy atom. The number of methoxy groups -OCH3 is 2. The summed E-state index contributed by atoms with van der Waals surface area (Å²) >= 11 is 0. The lowest BCUT2D eigenvalue weighted by Gasteiger charge is -2.11. The number of hydrogen-bond donors (Lipinski definition) is 2. The third kappa shape index (κ3) is 5.75. The number of carbonyl (C=O) groups excluding carboxylic acids is 1. The van der Waals surface area contributed by atoms with Gasteiger partial charge in [0.25, 0.3) is 0 Å². The third-order valence-electron chi connectivity index (χ3n) is 4.38. The molecule has 3 aromatic rings. The summed E-state index contributed by atoms with van der Waals surface area (Å²) in [5, 5.41) is 6.64. The van der Waals surface area contributed by atoms with Gasteiger partial charge in [0, 0.05) is 18.1 Å². The third-order valence-corrected chi connectivity index (χ3v) is 4.38. The smallest absolute Gasteiger partial charge is 0.314 e. The number of hydrogen-bond acceptors (Lipinski definition) is 5. The second kappa shape index (κ2) is 10.2. The van der Waals surface area contributed by atoms with Crippen LogP contribution in [0.25, 0.3) is 10.9 Å². The molecule has 0 aliphatic rings. The van der Waals surface area contributed by atoms with Gasteiger partial charge in [0.2, 0.25) is 0 Å². The molecule has 0 radical (unpaired) electrons. The fourth-order valence-corrected chi connectivity index (χ4v) is 2.90. The average molecular weight is 395 g/mol. The largest absolute Gasteiger partial charge is 0.493 e. The molecule has 2 amide bonds. The topological polar surface area (TPSA) is 81.7 Å². The van der Waals surface area contributed by atoms with Crippen molar-refractivity contribution in [3.8, 4) is 17.2 Å². The van der Waals surface area contributed by atoms with Crippen LogP contribution in [0.3, 0.4) is 0 Å². The minimum Gasteiger partial charge on any atom is -0.493 e. The lowest BCUT2D eigenvalue weighted by Crippen LogP contribution is -2.38. The standard InChI is InChI=1S/C22H25N3O4/c1-27-20-8-5-16(14-21(20)28-2)9-11-24-22(26)25-12-13-29-18-6-7-19-17(15-18)4-3-10-23-19/h3-8,10,14-15H,9,11-13H2,1-2H3,(H2,24,25,26). The minimum atomic E-state index is -0.225. The van der Waals surface area contributed by atoms with Crippen LogP contribution >= 0.6 is 0 Å². The van der Waals surface area contributed by atoms with Crippen LogP contribution in [0.15, 0.2) is 54.7 Å². The fourth-order valence-electron chi connectivity index (χ4n) is 2.90. The molecule has 0 saturated heterocycles. The van der Waals surface area contributed by atoms with Crippen molar-refractivity contribution in [2.24, 2.45) is 0 Å². The molecule has 1 aromatic heterocycles. The number of nitrogens with zero attached hydrogens (tertiary/aromatic N) is 1. The van der Waals surface area contributed by atoms with Gasteiger partial charge in [-0.3, -0.25) is 4.98 Å². The molecular weight excluding hydrogens is 370 g/mol. The van der Waals surface area contributed by atoms with Gasteiger partial charge in [-0.2, -0.15) is 0 Å². The Hall–Kier alpha value is -3.48. The van der Waals surface area contributed by atoms with Gasteiger partial charge in [-0.15, -0.1) is 0 Å². The van der Waals surface area contributed by atoms with E-state index in [1.807, 2.05) is 48.5 Å². The highest BCUT2D eigenvalue weighted by Gasteiger charge is 2.05. The van der Waals surface area contributed by atoms with Crippen molar-refractivity contribution in [2.75, 3.05) is 33.9 Å². The Balaban J connectivity index is 1.35. The van der Waals surface area contributed by atoms with Gasteiger partial charge < -0.3 is 24.8 Å². The summed E-state index contributed by atoms with van der Waals surface area (Å²) in [6, 6.07) is 15.1. The highest BCUT2D eigenvalue weighted by atomic mass is 16.5. The minimum absolute atomic E-state index is 0.225. The van der Waals surface area contributed by atoms with Gasteiger partial charge >= 0.3 is 6.03 Å². The number of pyridine rings is 1. The molecule has 0 bridgehead atoms. The molecule has 7 heteroatoms. The maximum absolute atomic E-state index is 11.9. The Kier molecular flexibility index (Phi) is 7.10. The number of rotatable bonds is 9. The zero-order valence-corrected chi connectivity index (χ0v) is 16.6. The molecule has 0 fully saturated rings. The normalized spacial score (nSPS) is 10.4. The highest BCUT2D eigenvalue weighted by Crippen LogP contribution is 2.27. The zero-order chi connectivity index (χ0) is 20.5. The van der Waals surface area contributed by atoms with E-state index in [-0.39, 0.29) is 6.03 Å². The maximum atomic E-state index is 11.9. The molecule has 1 heterocycles. The summed E-state index contributed by atoms with van der Waals surface area (Å²) in [6.45, 7) is 1.31. The number of aromatic nitrogens is 1. The molecule has 0 atom stereocenters. The van der Waals surface area contributed by atoms with E-state index in [4.69, 9.17) is 14.2 Å². The molecule has 0 aliphatic heterocycles. The molecule has 2 aromatic carbocycles. The van der Waals surface area contributed by atoms with E-state index in [9.17, 15) is 4.79 Å². The molecule has 3 rings (SSSR count). The van der Waals surface area contributed by atoms with Crippen LogP contribution in [0.5, 0.6) is 17.2 Å². The van der Waals surface area contributed by atoms with Crippen molar-refractivity contribution in [1.82, 2.24) is 15.6 Å². The Morgan fingerprint density at radius 1 is 0.966 bits per heavy atom. The molecular formula is C22H25N3O4. The van der Waals surface area contributed by atoms with Gasteiger partial charge in [-0.05, 0) is 48.4 Å². The predicted molar refractivity (Wildman–Crippen MR) is 112 cm³/mol. The SMILES string of the molecule is COc1ccc(CCNC(=O)NCCOc2ccc3ncccc3c2)cc1OC. The van der Waals surface area contributed by atoms with Crippen molar-refractivity contribution < 1.29 is 19.0 Å². The number of fused-ring (bicyclic) bond motifs is 1. The second-order valence-electron chi connectivity index (χ2n) is 6.33. The first kappa shape index (κ1) is 20.3. The van der Waals surface area contributed by atoms with Crippen LogP contribution in [0.4, 0.5) is 4.79 Å². The van der Waals surface area contributed by atoms with E-state index >= 15 is 0 Å². The van der Waals surface area contributed by atoms with Crippen LogP contribution in [-0.4, -0.2) is 44.9 Å². The molecule has 0 saturated carbocycles. The van der Waals surface area contributed by atoms with Crippen LogP contribution in [0.2, 0.25) is 0 Å². The first-order chi connectivity index (χ1) is 14.2. The highest BCUT2D eigenvalue weighted by molar-refractivity contribution is 5.79. The quantitative estimate of drug-likeness (QED) is 0.544. The summed E-state index contributed by atoms with van der Waals surface area (Å²) in [7, 11) is 3.20. The van der Waals surface area contributed by atoms with Crippen molar-refractivity contribution in [3.63, 3.8) is 0 Å². The van der Waals surface area contributed by atoms with Gasteiger partial charge in [-0.1, -0.05) is 12.1 Å². The predicted octanol–water partition coefficient (Wildman–Crippen LogP) is 3.17. The lowest BCUT2D eigenvalue weighted by atomic mass is 10.1. The Labute approximate surface area is 170 Å². The molecule has 2 N–H and O–H groups in total. The summed E-state index contributed by atoms with van der Waals surface area (Å²) in [5.41, 5.74) is 1.98. The second-order valence-corrected chi connectivity index (χ2v) is 6.33. The Bertz CT molecular complexity index is 962. The van der Waals surface area contributed by atoms with E-state index in [0.29, 0.717) is 37.6 Å². The van der Waals surface area contributed by atoms with Crippen molar-refractivity contribution in [1.29, 1.82) is 0 Å². The summed E-state index contributed by atoms with van der Waals surface area (Å²) in [5.74, 6) is 2.11. The molecule has 0 unspecified atom stereocenters. The summed E-state index contributed by atoms with van der Waals surface area (Å²) in [4.78, 5) is 16.2. The first-order valence-corrected chi connectivity index (χ1v) is 9.40. The van der Waals surface area contributed by atoms with Crippen molar-refractivity contribution >= 4 is 16.9 Å². The van der Waals surface area contributed by atoms with Gasteiger partial charge in [-0.25, -0.2) is 4.79 Å². The monoisotopic (exact) mass is 395 g/mol.